The van der Waals surface area contributed by atoms with Gasteiger partial charge in [-0.1, -0.05) is 32.4 Å². The van der Waals surface area contributed by atoms with Crippen LogP contribution in [-0.2, 0) is 23.9 Å². The van der Waals surface area contributed by atoms with Crippen LogP contribution < -0.4 is 0 Å². The topological polar surface area (TPSA) is 232 Å². The van der Waals surface area contributed by atoms with Crippen LogP contribution in [0.5, 0.6) is 0 Å². The van der Waals surface area contributed by atoms with Gasteiger partial charge in [0, 0.05) is 36.0 Å². The summed E-state index contributed by atoms with van der Waals surface area (Å²) in [7, 11) is 0. The lowest BCUT2D eigenvalue weighted by Crippen LogP contribution is -2.67. The fourth-order valence-electron chi connectivity index (χ4n) is 10.3. The molecule has 0 aromatic heterocycles. The summed E-state index contributed by atoms with van der Waals surface area (Å²) < 4.78 is 11.4. The smallest absolute Gasteiger partial charge is 0.229 e. The highest BCUT2D eigenvalue weighted by atomic mass is 16.7. The monoisotopic (exact) mass is 694 g/mol. The van der Waals surface area contributed by atoms with Gasteiger partial charge in [0.05, 0.1) is 29.8 Å². The number of rotatable bonds is 8. The van der Waals surface area contributed by atoms with Crippen LogP contribution in [0, 0.1) is 39.4 Å². The summed E-state index contributed by atoms with van der Waals surface area (Å²) in [6, 6.07) is 0. The van der Waals surface area contributed by atoms with Crippen molar-refractivity contribution < 1.29 is 64.7 Å². The molecule has 0 bridgehead atoms. The molecule has 5 rings (SSSR count). The Morgan fingerprint density at radius 3 is 2.12 bits per heavy atom. The van der Waals surface area contributed by atoms with E-state index in [2.05, 4.69) is 0 Å². The van der Waals surface area contributed by atoms with Gasteiger partial charge in [0.15, 0.2) is 11.5 Å². The van der Waals surface area contributed by atoms with Gasteiger partial charge in [-0.25, -0.2) is 0 Å². The van der Waals surface area contributed by atoms with E-state index >= 15 is 0 Å². The maximum atomic E-state index is 14.7. The summed E-state index contributed by atoms with van der Waals surface area (Å²) in [5.74, 6) is -4.42. The molecular weight excluding hydrogens is 640 g/mol. The fourth-order valence-corrected chi connectivity index (χ4v) is 10.3. The van der Waals surface area contributed by atoms with Gasteiger partial charge < -0.3 is 50.3 Å². The number of ether oxygens (including phenoxy) is 2. The van der Waals surface area contributed by atoms with Crippen molar-refractivity contribution in [1.29, 1.82) is 0 Å². The van der Waals surface area contributed by atoms with E-state index in [0.717, 1.165) is 0 Å². The van der Waals surface area contributed by atoms with Crippen LogP contribution in [0.4, 0.5) is 0 Å². The summed E-state index contributed by atoms with van der Waals surface area (Å²) >= 11 is 0. The van der Waals surface area contributed by atoms with Gasteiger partial charge in [0.2, 0.25) is 12.1 Å². The molecule has 5 aliphatic rings. The van der Waals surface area contributed by atoms with Crippen LogP contribution in [0.15, 0.2) is 23.5 Å². The van der Waals surface area contributed by atoms with Crippen LogP contribution in [-0.4, -0.2) is 119 Å². The van der Waals surface area contributed by atoms with Gasteiger partial charge in [-0.15, -0.1) is 0 Å². The number of carbonyl (C=O) groups excluding carboxylic acids is 3. The normalized spacial score (nSPS) is 46.1. The number of fused-ring (bicyclic) bond motifs is 5. The molecule has 276 valence electrons. The molecule has 0 spiro atoms. The summed E-state index contributed by atoms with van der Waals surface area (Å²) in [5.41, 5.74) is -7.59. The second-order valence-electron chi connectivity index (χ2n) is 17.2. The van der Waals surface area contributed by atoms with Gasteiger partial charge in [-0.05, 0) is 64.4 Å². The van der Waals surface area contributed by atoms with E-state index in [1.54, 1.807) is 47.6 Å². The first-order chi connectivity index (χ1) is 22.3. The van der Waals surface area contributed by atoms with Crippen LogP contribution in [0.25, 0.3) is 0 Å². The molecule has 1 saturated heterocycles. The molecule has 8 N–H and O–H groups in total. The molecule has 13 nitrogen and oxygen atoms in total. The van der Waals surface area contributed by atoms with Crippen molar-refractivity contribution >= 4 is 17.3 Å². The number of allylic oxidation sites excluding steroid dienone is 3. The van der Waals surface area contributed by atoms with Crippen LogP contribution >= 0.6 is 0 Å². The lowest BCUT2D eigenvalue weighted by Gasteiger charge is -2.64. The second-order valence-corrected chi connectivity index (χ2v) is 17.2. The predicted octanol–water partition coefficient (Wildman–Crippen LogP) is 0.0727. The van der Waals surface area contributed by atoms with Crippen molar-refractivity contribution in [2.45, 2.75) is 135 Å². The molecule has 2 saturated carbocycles. The van der Waals surface area contributed by atoms with Gasteiger partial charge in [-0.3, -0.25) is 14.4 Å². The van der Waals surface area contributed by atoms with E-state index < -0.39 is 112 Å². The first kappa shape index (κ1) is 38.2. The van der Waals surface area contributed by atoms with E-state index in [0.29, 0.717) is 5.57 Å². The summed E-state index contributed by atoms with van der Waals surface area (Å²) in [6.45, 7) is 12.3. The fraction of sp³-hybridized carbons (Fsp3) is 0.806. The zero-order chi connectivity index (χ0) is 37.0. The lowest BCUT2D eigenvalue weighted by atomic mass is 9.38. The van der Waals surface area contributed by atoms with Crippen LogP contribution in [0.3, 0.4) is 0 Å². The number of aliphatic hydroxyl groups is 8. The SMILES string of the molecule is CC(C)(O)CCC(=O)[C@](C)(O)[C@H]1[C@H](O)C[C@@]2(C)[C@@H]3[C@@H](O)C=C4[C@@H](C=C(O[C@@H]5O[C@H](CO)[C@@H](O)[C@@H](O)[C@H]5O)C(=O)C4(C)C)[C@]3(C)C(=O)C[C@]12C. The Labute approximate surface area is 286 Å². The highest BCUT2D eigenvalue weighted by molar-refractivity contribution is 6.02. The zero-order valence-corrected chi connectivity index (χ0v) is 29.6. The van der Waals surface area contributed by atoms with E-state index in [-0.39, 0.29) is 37.2 Å². The van der Waals surface area contributed by atoms with E-state index in [1.807, 2.05) is 6.92 Å². The minimum Gasteiger partial charge on any atom is -0.459 e. The third kappa shape index (κ3) is 5.50. The van der Waals surface area contributed by atoms with Gasteiger partial charge in [-0.2, -0.15) is 0 Å². The molecule has 49 heavy (non-hydrogen) atoms. The lowest BCUT2D eigenvalue weighted by molar-refractivity contribution is -0.291. The minimum absolute atomic E-state index is 0.0594. The molecular formula is C36H54O13. The number of hydrogen-bond acceptors (Lipinski definition) is 13. The third-order valence-corrected chi connectivity index (χ3v) is 13.2. The molecule has 14 atom stereocenters. The molecule has 4 aliphatic carbocycles. The summed E-state index contributed by atoms with van der Waals surface area (Å²) in [6.07, 6.45) is -7.68. The maximum Gasteiger partial charge on any atom is 0.229 e. The number of ketones is 3. The Bertz CT molecular complexity index is 1440. The Morgan fingerprint density at radius 1 is 0.939 bits per heavy atom. The molecule has 3 fully saturated rings. The first-order valence-corrected chi connectivity index (χ1v) is 17.1. The first-order valence-electron chi connectivity index (χ1n) is 17.1. The van der Waals surface area contributed by atoms with Crippen molar-refractivity contribution in [1.82, 2.24) is 0 Å². The molecule has 1 heterocycles. The summed E-state index contributed by atoms with van der Waals surface area (Å²) in [4.78, 5) is 42.1. The predicted molar refractivity (Wildman–Crippen MR) is 172 cm³/mol. The van der Waals surface area contributed by atoms with Crippen LogP contribution in [0.1, 0.15) is 81.1 Å². The third-order valence-electron chi connectivity index (χ3n) is 13.2. The largest absolute Gasteiger partial charge is 0.459 e. The average Bonchev–Trinajstić information content (AvgIpc) is 3.19. The maximum absolute atomic E-state index is 14.7. The molecule has 0 aromatic carbocycles. The molecule has 13 heteroatoms. The molecule has 0 radical (unpaired) electrons. The number of Topliss-reactive ketones (excluding diaryl/α,β-unsaturated/α-hetero) is 3. The zero-order valence-electron chi connectivity index (χ0n) is 29.6. The Morgan fingerprint density at radius 2 is 1.55 bits per heavy atom. The quantitative estimate of drug-likeness (QED) is 0.158. The van der Waals surface area contributed by atoms with Gasteiger partial charge >= 0.3 is 0 Å². The van der Waals surface area contributed by atoms with Crippen LogP contribution in [0.2, 0.25) is 0 Å². The highest BCUT2D eigenvalue weighted by Crippen LogP contribution is 2.74. The van der Waals surface area contributed by atoms with Gasteiger partial charge in [0.25, 0.3) is 0 Å². The van der Waals surface area contributed by atoms with Gasteiger partial charge in [0.1, 0.15) is 35.8 Å². The van der Waals surface area contributed by atoms with Crippen molar-refractivity contribution in [3.8, 4) is 0 Å². The standard InChI is InChI=1S/C36H54O13/c1-31(2,46)10-9-22(40)36(8,47)28-19(39)13-33(5)27-18(38)11-16-17(35(27,7)23(41)14-34(28,33)6)12-20(29(45)32(16,3)4)48-30-26(44)25(43)24(42)21(15-37)49-30/h11-12,17-19,21,24-28,30,37-39,42-44,46-47H,9-10,13-15H2,1-8H3/t17-,18+,19-,21-,24-,25-,26-,27+,28+,30-,33+,34-,35-,36+/m1/s1. The van der Waals surface area contributed by atoms with Crippen molar-refractivity contribution in [2.75, 3.05) is 6.61 Å². The molecule has 0 aromatic rings. The highest BCUT2D eigenvalue weighted by Gasteiger charge is 2.76. The van der Waals surface area contributed by atoms with E-state index in [4.69, 9.17) is 9.47 Å². The molecule has 0 unspecified atom stereocenters. The van der Waals surface area contributed by atoms with Crippen molar-refractivity contribution in [3.63, 3.8) is 0 Å². The Balaban J connectivity index is 1.57. The van der Waals surface area contributed by atoms with Crippen molar-refractivity contribution in [2.24, 2.45) is 39.4 Å². The minimum atomic E-state index is -2.06. The Kier molecular flexibility index (Phi) is 9.34. The molecule has 0 amide bonds. The number of aliphatic hydroxyl groups excluding tert-OH is 6. The number of hydrogen-bond donors (Lipinski definition) is 8. The number of carbonyl (C=O) groups is 3. The summed E-state index contributed by atoms with van der Waals surface area (Å²) in [5, 5.41) is 86.5. The molecule has 1 aliphatic heterocycles. The average molecular weight is 695 g/mol. The van der Waals surface area contributed by atoms with Crippen molar-refractivity contribution in [3.05, 3.63) is 23.5 Å². The van der Waals surface area contributed by atoms with E-state index in [9.17, 15) is 55.2 Å². The second kappa shape index (κ2) is 12.0. The Hall–Kier alpha value is -2.07. The van der Waals surface area contributed by atoms with E-state index in [1.165, 1.54) is 13.0 Å².